The van der Waals surface area contributed by atoms with Crippen LogP contribution < -0.4 is 11.5 Å². The minimum Gasteiger partial charge on any atom is -0.375 e. The highest BCUT2D eigenvalue weighted by atomic mass is 35.5. The highest BCUT2D eigenvalue weighted by Crippen LogP contribution is 2.40. The number of nitrogens with one attached hydrogen (secondary N) is 2. The number of H-pyrrole nitrogens is 2. The lowest BCUT2D eigenvalue weighted by Gasteiger charge is -2.34. The number of ether oxygens (including phenoxy) is 2. The van der Waals surface area contributed by atoms with Crippen LogP contribution in [0.15, 0.2) is 36.4 Å². The predicted octanol–water partition coefficient (Wildman–Crippen LogP) is 6.05. The van der Waals surface area contributed by atoms with E-state index in [2.05, 4.69) is 16.9 Å². The Labute approximate surface area is 334 Å². The normalized spacial score (nSPS) is 19.3. The quantitative estimate of drug-likeness (QED) is 0.101. The molecule has 298 valence electrons. The zero-order valence-electron chi connectivity index (χ0n) is 32.1. The second-order valence-electron chi connectivity index (χ2n) is 14.0. The van der Waals surface area contributed by atoms with Gasteiger partial charge < -0.3 is 30.9 Å². The van der Waals surface area contributed by atoms with E-state index in [1.54, 1.807) is 0 Å². The number of nitrogens with zero attached hydrogens (tertiary/aromatic N) is 6. The van der Waals surface area contributed by atoms with E-state index in [0.717, 1.165) is 33.4 Å². The first kappa shape index (κ1) is 40.8. The molecule has 18 heteroatoms. The topological polar surface area (TPSA) is 209 Å². The third-order valence-corrected chi connectivity index (χ3v) is 11.3. The first-order valence-corrected chi connectivity index (χ1v) is 19.1. The fraction of sp³-hybridized carbons (Fsp3) is 0.421. The van der Waals surface area contributed by atoms with Crippen molar-refractivity contribution in [3.63, 3.8) is 0 Å². The third-order valence-electron chi connectivity index (χ3n) is 10.7. The van der Waals surface area contributed by atoms with Gasteiger partial charge in [0.15, 0.2) is 0 Å². The number of aromatic amines is 2. The van der Waals surface area contributed by atoms with E-state index < -0.39 is 36.2 Å². The fourth-order valence-electron chi connectivity index (χ4n) is 7.90. The number of primary amides is 2. The summed E-state index contributed by atoms with van der Waals surface area (Å²) < 4.78 is 9.48. The van der Waals surface area contributed by atoms with Crippen LogP contribution in [-0.2, 0) is 19.1 Å². The van der Waals surface area contributed by atoms with Crippen molar-refractivity contribution >= 4 is 47.3 Å². The highest BCUT2D eigenvalue weighted by Gasteiger charge is 2.43. The summed E-state index contributed by atoms with van der Waals surface area (Å²) in [7, 11) is 3.73. The van der Waals surface area contributed by atoms with Gasteiger partial charge >= 0.3 is 24.1 Å². The molecule has 0 unspecified atom stereocenters. The van der Waals surface area contributed by atoms with Crippen LogP contribution in [0, 0.1) is 13.8 Å². The van der Waals surface area contributed by atoms with Crippen LogP contribution in [0.4, 0.5) is 9.59 Å². The van der Waals surface area contributed by atoms with Gasteiger partial charge in [0, 0.05) is 38.3 Å². The molecule has 2 aromatic carbocycles. The van der Waals surface area contributed by atoms with E-state index in [1.165, 1.54) is 0 Å². The van der Waals surface area contributed by atoms with Crippen LogP contribution in [0.5, 0.6) is 0 Å². The number of esters is 2. The Morgan fingerprint density at radius 2 is 1.12 bits per heavy atom. The molecule has 0 radical (unpaired) electrons. The van der Waals surface area contributed by atoms with Crippen molar-refractivity contribution in [2.24, 2.45) is 11.5 Å². The Balaban J connectivity index is 1.23. The molecule has 2 aliphatic heterocycles. The standard InChI is InChI=1S/C38H46Cl2N10O6/c1-7-25(35(51)55-37(41)53)49-27(15-17-47(49)5)33-43-29(31(39)45-33)22-11-9-21(10-12-22)23-13-14-24(20(4)19(23)3)30-32(40)46-34(44-30)28-16-18-48(6)50(28)26(8-2)36(52)56-38(42)54/h9-14,25-28H,7-8,15-18H2,1-6H3,(H2,41,53)(H2,42,54)(H,43,45)(H,44,46)/t25-,26-,27-,28-/m0/s1. The molecule has 4 aromatic rings. The summed E-state index contributed by atoms with van der Waals surface area (Å²) in [5.74, 6) is -0.252. The minimum absolute atomic E-state index is 0.307. The molecule has 2 amide bonds. The molecule has 2 fully saturated rings. The zero-order chi connectivity index (χ0) is 40.6. The molecule has 2 saturated heterocycles. The van der Waals surface area contributed by atoms with Crippen LogP contribution >= 0.6 is 23.2 Å². The van der Waals surface area contributed by atoms with Gasteiger partial charge in [-0.25, -0.2) is 49.2 Å². The number of halogens is 2. The lowest BCUT2D eigenvalue weighted by Crippen LogP contribution is -2.48. The van der Waals surface area contributed by atoms with E-state index in [4.69, 9.17) is 54.1 Å². The number of aromatic nitrogens is 4. The van der Waals surface area contributed by atoms with Crippen molar-refractivity contribution < 1.29 is 28.7 Å². The molecule has 56 heavy (non-hydrogen) atoms. The lowest BCUT2D eigenvalue weighted by molar-refractivity contribution is -0.152. The number of imidazole rings is 2. The van der Waals surface area contributed by atoms with Crippen molar-refractivity contribution in [3.05, 3.63) is 69.5 Å². The van der Waals surface area contributed by atoms with Gasteiger partial charge in [0.05, 0.1) is 12.1 Å². The van der Waals surface area contributed by atoms with Crippen LogP contribution in [0.1, 0.15) is 74.4 Å². The van der Waals surface area contributed by atoms with E-state index >= 15 is 0 Å². The number of nitrogens with two attached hydrogens (primary N) is 2. The molecule has 4 atom stereocenters. The van der Waals surface area contributed by atoms with Crippen molar-refractivity contribution in [2.45, 2.75) is 77.5 Å². The number of hydrazine groups is 2. The summed E-state index contributed by atoms with van der Waals surface area (Å²) in [5.41, 5.74) is 17.2. The average Bonchev–Trinajstić information content (AvgIpc) is 3.92. The van der Waals surface area contributed by atoms with Crippen molar-refractivity contribution in [1.29, 1.82) is 0 Å². The molecule has 0 bridgehead atoms. The van der Waals surface area contributed by atoms with Gasteiger partial charge in [-0.1, -0.05) is 73.4 Å². The largest absolute Gasteiger partial charge is 0.412 e. The number of carbonyl (C=O) groups excluding carboxylic acids is 4. The van der Waals surface area contributed by atoms with Crippen LogP contribution in [0.25, 0.3) is 33.6 Å². The Kier molecular flexibility index (Phi) is 12.2. The van der Waals surface area contributed by atoms with Crippen molar-refractivity contribution in [2.75, 3.05) is 27.2 Å². The number of hydrogen-bond acceptors (Lipinski definition) is 12. The van der Waals surface area contributed by atoms with Crippen LogP contribution in [0.2, 0.25) is 10.3 Å². The molecule has 6 N–H and O–H groups in total. The molecule has 0 spiro atoms. The van der Waals surface area contributed by atoms with Crippen LogP contribution in [0.3, 0.4) is 0 Å². The maximum Gasteiger partial charge on any atom is 0.412 e. The fourth-order valence-corrected chi connectivity index (χ4v) is 8.39. The van der Waals surface area contributed by atoms with Crippen LogP contribution in [-0.4, -0.2) is 103 Å². The molecule has 16 nitrogen and oxygen atoms in total. The molecule has 6 rings (SSSR count). The Bertz CT molecular complexity index is 2140. The highest BCUT2D eigenvalue weighted by molar-refractivity contribution is 6.32. The molecule has 0 saturated carbocycles. The number of carbonyl (C=O) groups is 4. The van der Waals surface area contributed by atoms with E-state index in [1.807, 2.05) is 91.3 Å². The van der Waals surface area contributed by atoms with Gasteiger partial charge in [-0.2, -0.15) is 0 Å². The van der Waals surface area contributed by atoms with Gasteiger partial charge in [0.1, 0.15) is 45.4 Å². The summed E-state index contributed by atoms with van der Waals surface area (Å²) in [4.78, 5) is 64.5. The SMILES string of the molecule is CC[C@@H](C(=O)OC(N)=O)N1[C@H](c2nc(-c3ccc(-c4ccc(-c5nc([C@@H]6CCN(C)N6[C@@H](CC)C(=O)OC(N)=O)[nH]c5Cl)c(C)c4C)cc3)c(Cl)[nH]2)CCN1C. The number of amides is 2. The maximum atomic E-state index is 12.8. The summed E-state index contributed by atoms with van der Waals surface area (Å²) in [6.07, 6.45) is -0.168. The monoisotopic (exact) mass is 808 g/mol. The first-order chi connectivity index (χ1) is 26.6. The number of hydrogen-bond donors (Lipinski definition) is 4. The second-order valence-corrected chi connectivity index (χ2v) is 14.8. The average molecular weight is 810 g/mol. The second kappa shape index (κ2) is 16.7. The summed E-state index contributed by atoms with van der Waals surface area (Å²) in [6, 6.07) is 9.90. The lowest BCUT2D eigenvalue weighted by atomic mass is 9.92. The molecular weight excluding hydrogens is 763 g/mol. The van der Waals surface area contributed by atoms with E-state index in [-0.39, 0.29) is 12.1 Å². The minimum atomic E-state index is -1.14. The van der Waals surface area contributed by atoms with Gasteiger partial charge in [0.25, 0.3) is 0 Å². The van der Waals surface area contributed by atoms with Gasteiger partial charge in [0.2, 0.25) is 0 Å². The van der Waals surface area contributed by atoms with Crippen molar-refractivity contribution in [3.8, 4) is 33.6 Å². The van der Waals surface area contributed by atoms with Gasteiger partial charge in [-0.3, -0.25) is 0 Å². The number of benzene rings is 2. The molecular formula is C38H46Cl2N10O6. The molecule has 0 aliphatic carbocycles. The zero-order valence-corrected chi connectivity index (χ0v) is 33.6. The third kappa shape index (κ3) is 7.90. The summed E-state index contributed by atoms with van der Waals surface area (Å²) in [6.45, 7) is 9.07. The van der Waals surface area contributed by atoms with Gasteiger partial charge in [-0.15, -0.1) is 0 Å². The Hall–Kier alpha value is -4.84. The summed E-state index contributed by atoms with van der Waals surface area (Å²) in [5, 5.41) is 8.30. The van der Waals surface area contributed by atoms with E-state index in [0.29, 0.717) is 72.1 Å². The first-order valence-electron chi connectivity index (χ1n) is 18.4. The predicted molar refractivity (Wildman–Crippen MR) is 210 cm³/mol. The Morgan fingerprint density at radius 1 is 0.714 bits per heavy atom. The molecule has 2 aliphatic rings. The van der Waals surface area contributed by atoms with E-state index in [9.17, 15) is 19.2 Å². The van der Waals surface area contributed by atoms with Gasteiger partial charge in [-0.05, 0) is 61.8 Å². The maximum absolute atomic E-state index is 12.8. The summed E-state index contributed by atoms with van der Waals surface area (Å²) >= 11 is 13.5. The van der Waals surface area contributed by atoms with Crippen molar-refractivity contribution in [1.82, 2.24) is 40.0 Å². The molecule has 4 heterocycles. The smallest absolute Gasteiger partial charge is 0.375 e. The molecule has 2 aromatic heterocycles. The Morgan fingerprint density at radius 3 is 1.59 bits per heavy atom. The number of rotatable bonds is 11.